The van der Waals surface area contributed by atoms with Crippen molar-refractivity contribution in [3.8, 4) is 0 Å². The maximum absolute atomic E-state index is 13.8. The molecule has 1 aliphatic rings. The van der Waals surface area contributed by atoms with Crippen molar-refractivity contribution in [3.63, 3.8) is 0 Å². The van der Waals surface area contributed by atoms with Crippen LogP contribution < -0.4 is 4.90 Å². The summed E-state index contributed by atoms with van der Waals surface area (Å²) in [4.78, 5) is 16.7. The summed E-state index contributed by atoms with van der Waals surface area (Å²) in [6.45, 7) is 2.70. The van der Waals surface area contributed by atoms with Crippen LogP contribution in [-0.2, 0) is 6.54 Å². The number of aliphatic hydroxyl groups is 1. The number of para-hydroxylation sites is 1. The average Bonchev–Trinajstić information content (AvgIpc) is 3.22. The zero-order chi connectivity index (χ0) is 20.2. The highest BCUT2D eigenvalue weighted by Gasteiger charge is 2.24. The van der Waals surface area contributed by atoms with Gasteiger partial charge >= 0.3 is 0 Å². The molecule has 0 radical (unpaired) electrons. The Morgan fingerprint density at radius 1 is 1.03 bits per heavy atom. The highest BCUT2D eigenvalue weighted by molar-refractivity contribution is 5.92. The Bertz CT molecular complexity index is 970. The van der Waals surface area contributed by atoms with Gasteiger partial charge in [0.05, 0.1) is 12.7 Å². The lowest BCUT2D eigenvalue weighted by Crippen LogP contribution is -2.48. The first-order chi connectivity index (χ1) is 14.1. The minimum atomic E-state index is -1.07. The normalized spacial score (nSPS) is 15.4. The van der Waals surface area contributed by atoms with Gasteiger partial charge in [0.25, 0.3) is 5.91 Å². The summed E-state index contributed by atoms with van der Waals surface area (Å²) in [5, 5.41) is 18.1. The molecule has 3 aromatic rings. The number of amides is 1. The van der Waals surface area contributed by atoms with Gasteiger partial charge < -0.3 is 14.9 Å². The van der Waals surface area contributed by atoms with Crippen LogP contribution in [0.2, 0.25) is 0 Å². The summed E-state index contributed by atoms with van der Waals surface area (Å²) in [6.07, 6.45) is 0.422. The topological polar surface area (TPSA) is 74.5 Å². The van der Waals surface area contributed by atoms with E-state index in [2.05, 4.69) is 27.3 Å². The smallest absolute Gasteiger partial charge is 0.276 e. The van der Waals surface area contributed by atoms with Crippen molar-refractivity contribution >= 4 is 11.6 Å². The maximum atomic E-state index is 13.8. The minimum absolute atomic E-state index is 0.0169. The van der Waals surface area contributed by atoms with Gasteiger partial charge in [0, 0.05) is 37.4 Å². The molecule has 1 aliphatic heterocycles. The van der Waals surface area contributed by atoms with E-state index in [0.29, 0.717) is 13.1 Å². The first-order valence-corrected chi connectivity index (χ1v) is 9.54. The van der Waals surface area contributed by atoms with Crippen molar-refractivity contribution in [2.75, 3.05) is 31.1 Å². The van der Waals surface area contributed by atoms with E-state index in [9.17, 15) is 14.3 Å². The first-order valence-electron chi connectivity index (χ1n) is 9.54. The Morgan fingerprint density at radius 3 is 2.45 bits per heavy atom. The van der Waals surface area contributed by atoms with Crippen molar-refractivity contribution in [3.05, 3.63) is 77.9 Å². The molecule has 1 fully saturated rings. The molecule has 29 heavy (non-hydrogen) atoms. The molecule has 0 unspecified atom stereocenters. The molecule has 0 bridgehead atoms. The Labute approximate surface area is 168 Å². The van der Waals surface area contributed by atoms with Crippen molar-refractivity contribution in [2.45, 2.75) is 12.6 Å². The monoisotopic (exact) mass is 395 g/mol. The third-order valence-electron chi connectivity index (χ3n) is 5.07. The van der Waals surface area contributed by atoms with Crippen molar-refractivity contribution < 1.29 is 14.3 Å². The number of hydrogen-bond acceptors (Lipinski definition) is 5. The van der Waals surface area contributed by atoms with Crippen LogP contribution in [0.25, 0.3) is 0 Å². The molecule has 1 aromatic heterocycles. The highest BCUT2D eigenvalue weighted by Crippen LogP contribution is 2.19. The van der Waals surface area contributed by atoms with Gasteiger partial charge in [-0.05, 0) is 18.2 Å². The van der Waals surface area contributed by atoms with E-state index in [-0.39, 0.29) is 23.7 Å². The minimum Gasteiger partial charge on any atom is -0.386 e. The van der Waals surface area contributed by atoms with Crippen molar-refractivity contribution in [1.82, 2.24) is 19.9 Å². The Balaban J connectivity index is 1.36. The Hall–Kier alpha value is -3.26. The molecular weight excluding hydrogens is 373 g/mol. The zero-order valence-corrected chi connectivity index (χ0v) is 15.9. The molecule has 1 atom stereocenters. The van der Waals surface area contributed by atoms with Crippen LogP contribution >= 0.6 is 0 Å². The van der Waals surface area contributed by atoms with Gasteiger partial charge in [-0.1, -0.05) is 41.6 Å². The van der Waals surface area contributed by atoms with Crippen LogP contribution in [0.5, 0.6) is 0 Å². The van der Waals surface area contributed by atoms with Crippen molar-refractivity contribution in [2.24, 2.45) is 0 Å². The average molecular weight is 395 g/mol. The summed E-state index contributed by atoms with van der Waals surface area (Å²) in [7, 11) is 0. The summed E-state index contributed by atoms with van der Waals surface area (Å²) < 4.78 is 15.2. The fourth-order valence-electron chi connectivity index (χ4n) is 3.48. The van der Waals surface area contributed by atoms with Crippen LogP contribution in [0.15, 0.2) is 60.8 Å². The molecule has 2 heterocycles. The number of aromatic nitrogens is 3. The Kier molecular flexibility index (Phi) is 5.53. The number of halogens is 1. The molecule has 2 aromatic carbocycles. The van der Waals surface area contributed by atoms with Crippen LogP contribution in [0.1, 0.15) is 22.2 Å². The quantitative estimate of drug-likeness (QED) is 0.716. The summed E-state index contributed by atoms with van der Waals surface area (Å²) in [5.74, 6) is -0.669. The highest BCUT2D eigenvalue weighted by atomic mass is 19.1. The van der Waals surface area contributed by atoms with Gasteiger partial charge in [-0.15, -0.1) is 5.10 Å². The van der Waals surface area contributed by atoms with Gasteiger partial charge in [-0.2, -0.15) is 0 Å². The predicted molar refractivity (Wildman–Crippen MR) is 106 cm³/mol. The SMILES string of the molecule is O=C(c1cn(C[C@H](O)c2ccccc2F)nn1)N1CCN(c2ccccc2)CC1. The lowest BCUT2D eigenvalue weighted by molar-refractivity contribution is 0.0740. The van der Waals surface area contributed by atoms with E-state index >= 15 is 0 Å². The lowest BCUT2D eigenvalue weighted by Gasteiger charge is -2.35. The van der Waals surface area contributed by atoms with Crippen LogP contribution in [0.3, 0.4) is 0 Å². The van der Waals surface area contributed by atoms with Crippen LogP contribution in [0.4, 0.5) is 10.1 Å². The summed E-state index contributed by atoms with van der Waals surface area (Å²) >= 11 is 0. The van der Waals surface area contributed by atoms with E-state index < -0.39 is 11.9 Å². The van der Waals surface area contributed by atoms with E-state index in [1.54, 1.807) is 17.0 Å². The molecule has 150 valence electrons. The molecule has 8 heteroatoms. The number of carbonyl (C=O) groups is 1. The number of carbonyl (C=O) groups excluding carboxylic acids is 1. The molecular formula is C21H22FN5O2. The van der Waals surface area contributed by atoms with E-state index in [1.807, 2.05) is 18.2 Å². The Morgan fingerprint density at radius 2 is 1.72 bits per heavy atom. The predicted octanol–water partition coefficient (Wildman–Crippen LogP) is 2.11. The maximum Gasteiger partial charge on any atom is 0.276 e. The standard InChI is InChI=1S/C21H22FN5O2/c22-18-9-5-4-8-17(18)20(28)15-27-14-19(23-24-27)21(29)26-12-10-25(11-13-26)16-6-2-1-3-7-16/h1-9,14,20,28H,10-13,15H2/t20-/m0/s1. The first kappa shape index (κ1) is 19.1. The van der Waals surface area contributed by atoms with Crippen LogP contribution in [-0.4, -0.2) is 57.1 Å². The summed E-state index contributed by atoms with van der Waals surface area (Å²) in [5.41, 5.74) is 1.56. The molecule has 0 saturated carbocycles. The second-order valence-electron chi connectivity index (χ2n) is 6.98. The van der Waals surface area contributed by atoms with E-state index in [4.69, 9.17) is 0 Å². The second kappa shape index (κ2) is 8.40. The third kappa shape index (κ3) is 4.27. The fourth-order valence-corrected chi connectivity index (χ4v) is 3.48. The second-order valence-corrected chi connectivity index (χ2v) is 6.98. The number of nitrogens with zero attached hydrogens (tertiary/aromatic N) is 5. The van der Waals surface area contributed by atoms with Gasteiger partial charge in [0.2, 0.25) is 0 Å². The molecule has 1 saturated heterocycles. The lowest BCUT2D eigenvalue weighted by atomic mass is 10.1. The van der Waals surface area contributed by atoms with Gasteiger partial charge in [-0.3, -0.25) is 4.79 Å². The van der Waals surface area contributed by atoms with Crippen LogP contribution in [0, 0.1) is 5.82 Å². The van der Waals surface area contributed by atoms with Gasteiger partial charge in [0.15, 0.2) is 5.69 Å². The third-order valence-corrected chi connectivity index (χ3v) is 5.07. The molecule has 4 rings (SSSR count). The molecule has 0 spiro atoms. The van der Waals surface area contributed by atoms with E-state index in [1.165, 1.54) is 23.0 Å². The molecule has 1 amide bonds. The number of benzene rings is 2. The molecule has 1 N–H and O–H groups in total. The fraction of sp³-hybridized carbons (Fsp3) is 0.286. The van der Waals surface area contributed by atoms with Gasteiger partial charge in [0.1, 0.15) is 11.9 Å². The van der Waals surface area contributed by atoms with Gasteiger partial charge in [-0.25, -0.2) is 9.07 Å². The van der Waals surface area contributed by atoms with Crippen molar-refractivity contribution in [1.29, 1.82) is 0 Å². The zero-order valence-electron chi connectivity index (χ0n) is 15.9. The number of piperazine rings is 1. The molecule has 0 aliphatic carbocycles. The van der Waals surface area contributed by atoms with E-state index in [0.717, 1.165) is 18.8 Å². The largest absolute Gasteiger partial charge is 0.386 e. The number of aliphatic hydroxyl groups excluding tert-OH is 1. The number of hydrogen-bond donors (Lipinski definition) is 1. The number of rotatable bonds is 5. The summed E-state index contributed by atoms with van der Waals surface area (Å²) in [6, 6.07) is 16.1. The number of anilines is 1. The molecule has 7 nitrogen and oxygen atoms in total.